The topological polar surface area (TPSA) is 21.1 Å². The van der Waals surface area contributed by atoms with Gasteiger partial charge in [-0.1, -0.05) is 30.2 Å². The highest BCUT2D eigenvalue weighted by molar-refractivity contribution is 6.30. The SMILES string of the molecule is Cc1cc(CN2CCCCC2)c2ncn(Cc3ccc(F)c(Cl)c3)c2c1. The van der Waals surface area contributed by atoms with Gasteiger partial charge in [-0.15, -0.1) is 0 Å². The molecule has 1 aliphatic rings. The van der Waals surface area contributed by atoms with Crippen LogP contribution < -0.4 is 0 Å². The maximum Gasteiger partial charge on any atom is 0.141 e. The van der Waals surface area contributed by atoms with Crippen molar-refractivity contribution < 1.29 is 4.39 Å². The van der Waals surface area contributed by atoms with E-state index in [9.17, 15) is 4.39 Å². The molecule has 1 fully saturated rings. The molecule has 0 radical (unpaired) electrons. The molecule has 26 heavy (non-hydrogen) atoms. The summed E-state index contributed by atoms with van der Waals surface area (Å²) in [4.78, 5) is 7.21. The third-order valence-electron chi connectivity index (χ3n) is 5.13. The fourth-order valence-electron chi connectivity index (χ4n) is 3.83. The molecule has 0 amide bonds. The lowest BCUT2D eigenvalue weighted by Crippen LogP contribution is -2.29. The zero-order chi connectivity index (χ0) is 18.1. The summed E-state index contributed by atoms with van der Waals surface area (Å²) in [6.45, 7) is 6.06. The first-order chi connectivity index (χ1) is 12.6. The summed E-state index contributed by atoms with van der Waals surface area (Å²) in [5.74, 6) is -0.384. The van der Waals surface area contributed by atoms with Crippen LogP contribution >= 0.6 is 11.6 Å². The Labute approximate surface area is 158 Å². The molecule has 3 nitrogen and oxygen atoms in total. The normalized spacial score (nSPS) is 15.7. The van der Waals surface area contributed by atoms with E-state index in [-0.39, 0.29) is 10.8 Å². The first kappa shape index (κ1) is 17.5. The van der Waals surface area contributed by atoms with Gasteiger partial charge in [0.2, 0.25) is 0 Å². The van der Waals surface area contributed by atoms with Gasteiger partial charge in [0.25, 0.3) is 0 Å². The fraction of sp³-hybridized carbons (Fsp3) is 0.381. The van der Waals surface area contributed by atoms with Crippen molar-refractivity contribution in [1.29, 1.82) is 0 Å². The molecule has 2 heterocycles. The molecule has 0 aliphatic carbocycles. The molecule has 1 saturated heterocycles. The molecule has 136 valence electrons. The molecule has 0 spiro atoms. The zero-order valence-electron chi connectivity index (χ0n) is 15.0. The number of aromatic nitrogens is 2. The summed E-state index contributed by atoms with van der Waals surface area (Å²) in [6.07, 6.45) is 5.79. The molecular weight excluding hydrogens is 349 g/mol. The van der Waals surface area contributed by atoms with E-state index in [0.29, 0.717) is 6.54 Å². The lowest BCUT2D eigenvalue weighted by Gasteiger charge is -2.26. The van der Waals surface area contributed by atoms with E-state index in [1.54, 1.807) is 12.1 Å². The van der Waals surface area contributed by atoms with Crippen LogP contribution in [0.4, 0.5) is 4.39 Å². The van der Waals surface area contributed by atoms with E-state index < -0.39 is 0 Å². The minimum atomic E-state index is -0.384. The number of imidazole rings is 1. The Balaban J connectivity index is 1.65. The van der Waals surface area contributed by atoms with E-state index in [0.717, 1.165) is 23.1 Å². The molecule has 2 aromatic carbocycles. The minimum Gasteiger partial charge on any atom is -0.326 e. The van der Waals surface area contributed by atoms with Gasteiger partial charge in [0.1, 0.15) is 5.82 Å². The van der Waals surface area contributed by atoms with Crippen molar-refractivity contribution in [2.75, 3.05) is 13.1 Å². The summed E-state index contributed by atoms with van der Waals surface area (Å²) in [7, 11) is 0. The Bertz CT molecular complexity index is 928. The van der Waals surface area contributed by atoms with Crippen LogP contribution in [0.25, 0.3) is 11.0 Å². The number of hydrogen-bond acceptors (Lipinski definition) is 2. The molecule has 3 aromatic rings. The van der Waals surface area contributed by atoms with Gasteiger partial charge < -0.3 is 4.57 Å². The maximum absolute atomic E-state index is 13.4. The van der Waals surface area contributed by atoms with Gasteiger partial charge in [-0.05, 0) is 67.7 Å². The number of fused-ring (bicyclic) bond motifs is 1. The highest BCUT2D eigenvalue weighted by Crippen LogP contribution is 2.24. The number of benzene rings is 2. The van der Waals surface area contributed by atoms with Crippen LogP contribution in [0.5, 0.6) is 0 Å². The Morgan fingerprint density at radius 2 is 1.88 bits per heavy atom. The van der Waals surface area contributed by atoms with Crippen LogP contribution in [-0.2, 0) is 13.1 Å². The second-order valence-electron chi connectivity index (χ2n) is 7.25. The quantitative estimate of drug-likeness (QED) is 0.630. The largest absolute Gasteiger partial charge is 0.326 e. The van der Waals surface area contributed by atoms with E-state index >= 15 is 0 Å². The summed E-state index contributed by atoms with van der Waals surface area (Å²) in [5.41, 5.74) is 5.68. The van der Waals surface area contributed by atoms with Gasteiger partial charge in [0, 0.05) is 13.1 Å². The van der Waals surface area contributed by atoms with Crippen molar-refractivity contribution >= 4 is 22.6 Å². The van der Waals surface area contributed by atoms with Gasteiger partial charge in [-0.3, -0.25) is 4.90 Å². The van der Waals surface area contributed by atoms with Crippen LogP contribution in [0.1, 0.15) is 36.0 Å². The number of rotatable bonds is 4. The lowest BCUT2D eigenvalue weighted by molar-refractivity contribution is 0.221. The van der Waals surface area contributed by atoms with Crippen LogP contribution in [0.2, 0.25) is 5.02 Å². The van der Waals surface area contributed by atoms with E-state index in [1.165, 1.54) is 49.5 Å². The lowest BCUT2D eigenvalue weighted by atomic mass is 10.1. The monoisotopic (exact) mass is 371 g/mol. The summed E-state index contributed by atoms with van der Waals surface area (Å²) in [5, 5.41) is 0.161. The average molecular weight is 372 g/mol. The second kappa shape index (κ2) is 7.37. The molecule has 0 atom stereocenters. The van der Waals surface area contributed by atoms with Crippen molar-refractivity contribution in [1.82, 2.24) is 14.5 Å². The number of likely N-dealkylation sites (tertiary alicyclic amines) is 1. The second-order valence-corrected chi connectivity index (χ2v) is 7.66. The Hall–Kier alpha value is -1.91. The van der Waals surface area contributed by atoms with Crippen LogP contribution in [-0.4, -0.2) is 27.5 Å². The van der Waals surface area contributed by atoms with Crippen LogP contribution in [0, 0.1) is 12.7 Å². The van der Waals surface area contributed by atoms with Crippen molar-refractivity contribution in [3.05, 3.63) is 64.2 Å². The molecule has 0 N–H and O–H groups in total. The highest BCUT2D eigenvalue weighted by Gasteiger charge is 2.15. The molecule has 1 aliphatic heterocycles. The van der Waals surface area contributed by atoms with Crippen molar-refractivity contribution in [3.8, 4) is 0 Å². The summed E-state index contributed by atoms with van der Waals surface area (Å²) in [6, 6.07) is 9.31. The fourth-order valence-corrected chi connectivity index (χ4v) is 4.03. The van der Waals surface area contributed by atoms with E-state index in [4.69, 9.17) is 16.6 Å². The van der Waals surface area contributed by atoms with Crippen LogP contribution in [0.3, 0.4) is 0 Å². The van der Waals surface area contributed by atoms with Crippen molar-refractivity contribution in [2.45, 2.75) is 39.3 Å². The summed E-state index contributed by atoms with van der Waals surface area (Å²) < 4.78 is 15.5. The highest BCUT2D eigenvalue weighted by atomic mass is 35.5. The number of halogens is 2. The van der Waals surface area contributed by atoms with E-state index in [1.807, 2.05) is 6.33 Å². The van der Waals surface area contributed by atoms with Crippen LogP contribution in [0.15, 0.2) is 36.7 Å². The summed E-state index contributed by atoms with van der Waals surface area (Å²) >= 11 is 5.93. The van der Waals surface area contributed by atoms with Gasteiger partial charge in [-0.2, -0.15) is 0 Å². The maximum atomic E-state index is 13.4. The predicted octanol–water partition coefficient (Wildman–Crippen LogP) is 5.17. The molecule has 0 saturated carbocycles. The third kappa shape index (κ3) is 3.62. The average Bonchev–Trinajstić information content (AvgIpc) is 3.02. The smallest absolute Gasteiger partial charge is 0.141 e. The number of hydrogen-bond donors (Lipinski definition) is 0. The van der Waals surface area contributed by atoms with Crippen molar-refractivity contribution in [2.24, 2.45) is 0 Å². The third-order valence-corrected chi connectivity index (χ3v) is 5.42. The molecule has 5 heteroatoms. The zero-order valence-corrected chi connectivity index (χ0v) is 15.8. The molecule has 0 unspecified atom stereocenters. The molecular formula is C21H23ClFN3. The van der Waals surface area contributed by atoms with Gasteiger partial charge >= 0.3 is 0 Å². The van der Waals surface area contributed by atoms with Gasteiger partial charge in [-0.25, -0.2) is 9.37 Å². The predicted molar refractivity (Wildman–Crippen MR) is 104 cm³/mol. The van der Waals surface area contributed by atoms with Gasteiger partial charge in [0.15, 0.2) is 0 Å². The minimum absolute atomic E-state index is 0.161. The molecule has 0 bridgehead atoms. The number of nitrogens with zero attached hydrogens (tertiary/aromatic N) is 3. The Morgan fingerprint density at radius 1 is 1.08 bits per heavy atom. The number of aryl methyl sites for hydroxylation is 1. The van der Waals surface area contributed by atoms with E-state index in [2.05, 4.69) is 28.5 Å². The molecule has 1 aromatic heterocycles. The first-order valence-corrected chi connectivity index (χ1v) is 9.58. The first-order valence-electron chi connectivity index (χ1n) is 9.21. The van der Waals surface area contributed by atoms with Crippen molar-refractivity contribution in [3.63, 3.8) is 0 Å². The molecule has 4 rings (SSSR count). The van der Waals surface area contributed by atoms with Gasteiger partial charge in [0.05, 0.1) is 22.4 Å². The Morgan fingerprint density at radius 3 is 2.65 bits per heavy atom. The standard InChI is InChI=1S/C21H23ClFN3/c1-15-9-17(13-25-7-3-2-4-8-25)21-20(10-15)26(14-24-21)12-16-5-6-19(23)18(22)11-16/h5-6,9-11,14H,2-4,7-8,12-13H2,1H3. The number of piperidine rings is 1. The Kier molecular flexibility index (Phi) is 4.96.